The highest BCUT2D eigenvalue weighted by Crippen LogP contribution is 2.34. The zero-order valence-electron chi connectivity index (χ0n) is 12.3. The van der Waals surface area contributed by atoms with E-state index < -0.39 is 0 Å². The van der Waals surface area contributed by atoms with E-state index in [1.54, 1.807) is 6.33 Å². The van der Waals surface area contributed by atoms with E-state index in [9.17, 15) is 0 Å². The highest BCUT2D eigenvalue weighted by Gasteiger charge is 2.36. The number of hydrogen-bond acceptors (Lipinski definition) is 3. The van der Waals surface area contributed by atoms with Gasteiger partial charge in [0.25, 0.3) is 0 Å². The molecule has 2 N–H and O–H groups in total. The van der Waals surface area contributed by atoms with Crippen molar-refractivity contribution in [2.45, 2.75) is 57.7 Å². The molecule has 110 valence electrons. The van der Waals surface area contributed by atoms with Crippen LogP contribution in [0.4, 0.5) is 0 Å². The van der Waals surface area contributed by atoms with Crippen molar-refractivity contribution in [3.8, 4) is 0 Å². The summed E-state index contributed by atoms with van der Waals surface area (Å²) in [6, 6.07) is 1.01. The van der Waals surface area contributed by atoms with Crippen LogP contribution in [0.3, 0.4) is 0 Å². The third-order valence-corrected chi connectivity index (χ3v) is 4.27. The van der Waals surface area contributed by atoms with Gasteiger partial charge in [-0.2, -0.15) is 5.10 Å². The normalized spacial score (nSPS) is 28.9. The molecular weight excluding hydrogens is 252 g/mol. The Bertz CT molecular complexity index is 480. The molecule has 3 atom stereocenters. The van der Waals surface area contributed by atoms with E-state index in [2.05, 4.69) is 32.6 Å². The highest BCUT2D eigenvalue weighted by molar-refractivity contribution is 5.80. The van der Waals surface area contributed by atoms with E-state index in [1.807, 2.05) is 11.7 Å². The Balaban J connectivity index is 1.50. The van der Waals surface area contributed by atoms with Crippen molar-refractivity contribution >= 4 is 5.96 Å². The summed E-state index contributed by atoms with van der Waals surface area (Å²) >= 11 is 0. The van der Waals surface area contributed by atoms with Crippen LogP contribution in [-0.2, 0) is 13.0 Å². The lowest BCUT2D eigenvalue weighted by molar-refractivity contribution is 0.392. The fraction of sp³-hybridized carbons (Fsp3) is 0.786. The van der Waals surface area contributed by atoms with Crippen LogP contribution in [0, 0.1) is 5.92 Å². The average Bonchev–Trinajstić information content (AvgIpc) is 3.01. The molecule has 0 aromatic carbocycles. The fourth-order valence-electron chi connectivity index (χ4n) is 3.01. The number of guanidine groups is 1. The summed E-state index contributed by atoms with van der Waals surface area (Å²) in [5.74, 6) is 2.87. The van der Waals surface area contributed by atoms with Crippen LogP contribution in [0.1, 0.15) is 38.4 Å². The molecule has 6 heteroatoms. The lowest BCUT2D eigenvalue weighted by atomic mass is 10.1. The second kappa shape index (κ2) is 5.81. The number of aryl methyl sites for hydroxylation is 1. The summed E-state index contributed by atoms with van der Waals surface area (Å²) < 4.78 is 1.99. The molecule has 20 heavy (non-hydrogen) atoms. The molecule has 6 nitrogen and oxygen atoms in total. The SMILES string of the molecule is CCCC1CC1NC(=NC)NC1CCc2ncnn2C1. The Morgan fingerprint density at radius 1 is 1.50 bits per heavy atom. The number of nitrogens with one attached hydrogen (secondary N) is 2. The maximum atomic E-state index is 4.35. The molecule has 0 bridgehead atoms. The molecule has 1 saturated carbocycles. The summed E-state index contributed by atoms with van der Waals surface area (Å²) in [6.45, 7) is 3.12. The molecule has 1 aromatic heterocycles. The molecule has 0 saturated heterocycles. The van der Waals surface area contributed by atoms with Gasteiger partial charge in [-0.25, -0.2) is 9.67 Å². The molecule has 1 aromatic rings. The average molecular weight is 276 g/mol. The Labute approximate surface area is 120 Å². The Hall–Kier alpha value is -1.59. The van der Waals surface area contributed by atoms with Crippen molar-refractivity contribution in [1.29, 1.82) is 0 Å². The van der Waals surface area contributed by atoms with Gasteiger partial charge in [0, 0.05) is 25.6 Å². The first-order valence-electron chi connectivity index (χ1n) is 7.66. The van der Waals surface area contributed by atoms with Gasteiger partial charge in [-0.1, -0.05) is 13.3 Å². The molecular formula is C14H24N6. The number of nitrogens with zero attached hydrogens (tertiary/aromatic N) is 4. The highest BCUT2D eigenvalue weighted by atomic mass is 15.4. The van der Waals surface area contributed by atoms with E-state index in [-0.39, 0.29) is 0 Å². The predicted octanol–water partition coefficient (Wildman–Crippen LogP) is 0.946. The summed E-state index contributed by atoms with van der Waals surface area (Å²) in [7, 11) is 1.84. The molecule has 1 fully saturated rings. The van der Waals surface area contributed by atoms with Crippen molar-refractivity contribution in [1.82, 2.24) is 25.4 Å². The molecule has 0 radical (unpaired) electrons. The van der Waals surface area contributed by atoms with Gasteiger partial charge in [-0.3, -0.25) is 4.99 Å². The summed E-state index contributed by atoms with van der Waals surface area (Å²) in [5, 5.41) is 11.3. The molecule has 0 amide bonds. The minimum Gasteiger partial charge on any atom is -0.353 e. The van der Waals surface area contributed by atoms with Gasteiger partial charge >= 0.3 is 0 Å². The monoisotopic (exact) mass is 276 g/mol. The van der Waals surface area contributed by atoms with Gasteiger partial charge in [-0.05, 0) is 25.2 Å². The first-order valence-corrected chi connectivity index (χ1v) is 7.66. The molecule has 3 rings (SSSR count). The van der Waals surface area contributed by atoms with Crippen molar-refractivity contribution < 1.29 is 0 Å². The minimum absolute atomic E-state index is 0.388. The van der Waals surface area contributed by atoms with Crippen LogP contribution in [0.15, 0.2) is 11.3 Å². The Kier molecular flexibility index (Phi) is 3.89. The third kappa shape index (κ3) is 2.94. The summed E-state index contributed by atoms with van der Waals surface area (Å²) in [5.41, 5.74) is 0. The fourth-order valence-corrected chi connectivity index (χ4v) is 3.01. The lowest BCUT2D eigenvalue weighted by Gasteiger charge is -2.25. The summed E-state index contributed by atoms with van der Waals surface area (Å²) in [6.07, 6.45) is 7.59. The number of aliphatic imine (C=N–C) groups is 1. The maximum Gasteiger partial charge on any atom is 0.191 e. The number of aromatic nitrogens is 3. The second-order valence-electron chi connectivity index (χ2n) is 5.85. The van der Waals surface area contributed by atoms with Crippen LogP contribution in [0.25, 0.3) is 0 Å². The predicted molar refractivity (Wildman–Crippen MR) is 78.6 cm³/mol. The molecule has 3 unspecified atom stereocenters. The second-order valence-corrected chi connectivity index (χ2v) is 5.85. The van der Waals surface area contributed by atoms with Crippen molar-refractivity contribution in [2.24, 2.45) is 10.9 Å². The lowest BCUT2D eigenvalue weighted by Crippen LogP contribution is -2.47. The molecule has 1 aliphatic carbocycles. The molecule has 1 aliphatic heterocycles. The molecule has 0 spiro atoms. The van der Waals surface area contributed by atoms with Crippen LogP contribution < -0.4 is 10.6 Å². The van der Waals surface area contributed by atoms with Crippen molar-refractivity contribution in [2.75, 3.05) is 7.05 Å². The van der Waals surface area contributed by atoms with Gasteiger partial charge in [0.1, 0.15) is 12.2 Å². The van der Waals surface area contributed by atoms with E-state index in [0.29, 0.717) is 12.1 Å². The third-order valence-electron chi connectivity index (χ3n) is 4.27. The van der Waals surface area contributed by atoms with Gasteiger partial charge in [0.2, 0.25) is 0 Å². The van der Waals surface area contributed by atoms with Crippen molar-refractivity contribution in [3.05, 3.63) is 12.2 Å². The number of rotatable bonds is 4. The van der Waals surface area contributed by atoms with E-state index in [0.717, 1.165) is 37.1 Å². The van der Waals surface area contributed by atoms with Crippen LogP contribution in [-0.4, -0.2) is 39.9 Å². The Morgan fingerprint density at radius 3 is 3.20 bits per heavy atom. The largest absolute Gasteiger partial charge is 0.353 e. The number of fused-ring (bicyclic) bond motifs is 1. The first kappa shape index (κ1) is 13.4. The summed E-state index contributed by atoms with van der Waals surface area (Å²) in [4.78, 5) is 8.61. The van der Waals surface area contributed by atoms with Gasteiger partial charge < -0.3 is 10.6 Å². The van der Waals surface area contributed by atoms with E-state index in [1.165, 1.54) is 19.3 Å². The standard InChI is InChI=1S/C14H24N6/c1-3-4-10-7-12(10)19-14(15-2)18-11-5-6-13-16-9-17-20(13)8-11/h9-12H,3-8H2,1-2H3,(H2,15,18,19). The zero-order valence-corrected chi connectivity index (χ0v) is 12.3. The zero-order chi connectivity index (χ0) is 13.9. The number of hydrogen-bond donors (Lipinski definition) is 2. The quantitative estimate of drug-likeness (QED) is 0.634. The van der Waals surface area contributed by atoms with Crippen LogP contribution in [0.5, 0.6) is 0 Å². The maximum absolute atomic E-state index is 4.35. The van der Waals surface area contributed by atoms with Gasteiger partial charge in [0.05, 0.1) is 6.54 Å². The van der Waals surface area contributed by atoms with Crippen molar-refractivity contribution in [3.63, 3.8) is 0 Å². The van der Waals surface area contributed by atoms with E-state index >= 15 is 0 Å². The van der Waals surface area contributed by atoms with E-state index in [4.69, 9.17) is 0 Å². The first-order chi connectivity index (χ1) is 9.80. The van der Waals surface area contributed by atoms with Crippen LogP contribution >= 0.6 is 0 Å². The smallest absolute Gasteiger partial charge is 0.191 e. The molecule has 2 aliphatic rings. The van der Waals surface area contributed by atoms with Gasteiger partial charge in [-0.15, -0.1) is 0 Å². The van der Waals surface area contributed by atoms with Gasteiger partial charge in [0.15, 0.2) is 5.96 Å². The van der Waals surface area contributed by atoms with Crippen LogP contribution in [0.2, 0.25) is 0 Å². The Morgan fingerprint density at radius 2 is 2.40 bits per heavy atom. The topological polar surface area (TPSA) is 67.1 Å². The minimum atomic E-state index is 0.388. The molecule has 2 heterocycles.